The Bertz CT molecular complexity index is 864. The van der Waals surface area contributed by atoms with Crippen LogP contribution in [0.5, 0.6) is 0 Å². The fourth-order valence-corrected chi connectivity index (χ4v) is 4.31. The number of aromatic nitrogens is 3. The number of carbonyl (C=O) groups is 1. The molecule has 1 aliphatic carbocycles. The van der Waals surface area contributed by atoms with Crippen LogP contribution < -0.4 is 0 Å². The molecular formula is C18H20N4OS. The summed E-state index contributed by atoms with van der Waals surface area (Å²) in [7, 11) is 1.82. The van der Waals surface area contributed by atoms with E-state index in [0.29, 0.717) is 18.2 Å². The Hall–Kier alpha value is -2.21. The third-order valence-corrected chi connectivity index (χ3v) is 5.67. The first kappa shape index (κ1) is 15.3. The Morgan fingerprint density at radius 2 is 2.25 bits per heavy atom. The number of thiazole rings is 1. The lowest BCUT2D eigenvalue weighted by Crippen LogP contribution is -2.28. The summed E-state index contributed by atoms with van der Waals surface area (Å²) in [4.78, 5) is 19.2. The largest absolute Gasteiger partial charge is 0.334 e. The molecule has 2 aromatic heterocycles. The number of H-pyrrole nitrogens is 1. The molecule has 1 N–H and O–H groups in total. The first-order valence-electron chi connectivity index (χ1n) is 8.28. The van der Waals surface area contributed by atoms with Crippen LogP contribution in [-0.4, -0.2) is 33.0 Å². The van der Waals surface area contributed by atoms with Crippen LogP contribution in [-0.2, 0) is 19.4 Å². The van der Waals surface area contributed by atoms with Gasteiger partial charge in [-0.15, -0.1) is 11.3 Å². The Balaban J connectivity index is 1.55. The normalized spacial score (nSPS) is 17.0. The predicted molar refractivity (Wildman–Crippen MR) is 95.2 cm³/mol. The molecule has 0 aliphatic heterocycles. The third kappa shape index (κ3) is 2.71. The molecule has 6 heteroatoms. The van der Waals surface area contributed by atoms with Crippen molar-refractivity contribution in [1.29, 1.82) is 0 Å². The maximum Gasteiger partial charge on any atom is 0.274 e. The molecule has 124 valence electrons. The van der Waals surface area contributed by atoms with Crippen LogP contribution in [0.4, 0.5) is 0 Å². The van der Waals surface area contributed by atoms with Crippen LogP contribution >= 0.6 is 11.3 Å². The molecule has 4 rings (SSSR count). The van der Waals surface area contributed by atoms with Gasteiger partial charge in [-0.1, -0.05) is 19.1 Å². The van der Waals surface area contributed by atoms with E-state index in [-0.39, 0.29) is 5.91 Å². The molecule has 0 radical (unpaired) electrons. The number of fused-ring (bicyclic) bond motifs is 2. The van der Waals surface area contributed by atoms with Crippen molar-refractivity contribution in [3.63, 3.8) is 0 Å². The fourth-order valence-electron chi connectivity index (χ4n) is 3.29. The maximum atomic E-state index is 12.8. The minimum absolute atomic E-state index is 0.0270. The van der Waals surface area contributed by atoms with E-state index in [2.05, 4.69) is 28.2 Å². The van der Waals surface area contributed by atoms with Crippen molar-refractivity contribution in [2.24, 2.45) is 5.92 Å². The molecule has 0 spiro atoms. The summed E-state index contributed by atoms with van der Waals surface area (Å²) in [6.07, 6.45) is 3.07. The van der Waals surface area contributed by atoms with Gasteiger partial charge in [0, 0.05) is 18.3 Å². The Morgan fingerprint density at radius 1 is 1.42 bits per heavy atom. The molecule has 1 aromatic carbocycles. The Labute approximate surface area is 144 Å². The number of para-hydroxylation sites is 1. The zero-order valence-electron chi connectivity index (χ0n) is 13.9. The number of rotatable bonds is 3. The number of hydrogen-bond acceptors (Lipinski definition) is 4. The van der Waals surface area contributed by atoms with Crippen molar-refractivity contribution in [2.45, 2.75) is 32.7 Å². The third-order valence-electron chi connectivity index (χ3n) is 4.65. The summed E-state index contributed by atoms with van der Waals surface area (Å²) >= 11 is 1.64. The van der Waals surface area contributed by atoms with Crippen LogP contribution in [0.15, 0.2) is 24.3 Å². The number of benzene rings is 1. The minimum atomic E-state index is -0.0270. The molecule has 24 heavy (non-hydrogen) atoms. The van der Waals surface area contributed by atoms with Gasteiger partial charge in [-0.3, -0.25) is 9.89 Å². The van der Waals surface area contributed by atoms with Crippen molar-refractivity contribution in [1.82, 2.24) is 20.1 Å². The lowest BCUT2D eigenvalue weighted by atomic mass is 9.87. The SMILES string of the molecule is C[C@@H]1CCc2[nH]nc(C(=O)N(C)Cc3nc4ccccc4s3)c2C1. The van der Waals surface area contributed by atoms with Gasteiger partial charge < -0.3 is 4.90 Å². The van der Waals surface area contributed by atoms with Gasteiger partial charge in [0.2, 0.25) is 0 Å². The molecule has 0 unspecified atom stereocenters. The van der Waals surface area contributed by atoms with Gasteiger partial charge in [0.25, 0.3) is 5.91 Å². The van der Waals surface area contributed by atoms with E-state index in [1.165, 1.54) is 0 Å². The summed E-state index contributed by atoms with van der Waals surface area (Å²) in [5.74, 6) is 0.581. The van der Waals surface area contributed by atoms with Gasteiger partial charge in [-0.25, -0.2) is 4.98 Å². The van der Waals surface area contributed by atoms with Crippen molar-refractivity contribution < 1.29 is 4.79 Å². The first-order valence-corrected chi connectivity index (χ1v) is 9.09. The summed E-state index contributed by atoms with van der Waals surface area (Å²) in [6.45, 7) is 2.74. The number of hydrogen-bond donors (Lipinski definition) is 1. The van der Waals surface area contributed by atoms with Crippen LogP contribution in [0.3, 0.4) is 0 Å². The van der Waals surface area contributed by atoms with Crippen molar-refractivity contribution in [2.75, 3.05) is 7.05 Å². The van der Waals surface area contributed by atoms with Gasteiger partial charge in [0.15, 0.2) is 5.69 Å². The second-order valence-corrected chi connectivity index (χ2v) is 7.73. The monoisotopic (exact) mass is 340 g/mol. The molecule has 0 saturated heterocycles. The van der Waals surface area contributed by atoms with Gasteiger partial charge in [-0.2, -0.15) is 5.10 Å². The van der Waals surface area contributed by atoms with Gasteiger partial charge >= 0.3 is 0 Å². The molecule has 0 fully saturated rings. The number of carbonyl (C=O) groups excluding carboxylic acids is 1. The summed E-state index contributed by atoms with van der Waals surface area (Å²) in [6, 6.07) is 8.06. The molecule has 2 heterocycles. The van der Waals surface area contributed by atoms with E-state index < -0.39 is 0 Å². The molecule has 0 saturated carbocycles. The second kappa shape index (κ2) is 6.02. The molecular weight excluding hydrogens is 320 g/mol. The lowest BCUT2D eigenvalue weighted by molar-refractivity contribution is 0.0777. The number of nitrogens with zero attached hydrogens (tertiary/aromatic N) is 3. The summed E-state index contributed by atoms with van der Waals surface area (Å²) in [5.41, 5.74) is 3.81. The first-order chi connectivity index (χ1) is 11.6. The minimum Gasteiger partial charge on any atom is -0.334 e. The van der Waals surface area contributed by atoms with Crippen LogP contribution in [0.25, 0.3) is 10.2 Å². The molecule has 3 aromatic rings. The van der Waals surface area contributed by atoms with E-state index >= 15 is 0 Å². The summed E-state index contributed by atoms with van der Waals surface area (Å²) < 4.78 is 1.15. The summed E-state index contributed by atoms with van der Waals surface area (Å²) in [5, 5.41) is 8.31. The quantitative estimate of drug-likeness (QED) is 0.795. The van der Waals surface area contributed by atoms with Crippen molar-refractivity contribution >= 4 is 27.5 Å². The average Bonchev–Trinajstić information content (AvgIpc) is 3.16. The van der Waals surface area contributed by atoms with E-state index in [1.54, 1.807) is 16.2 Å². The highest BCUT2D eigenvalue weighted by Gasteiger charge is 2.26. The molecule has 1 atom stereocenters. The molecule has 1 amide bonds. The number of amides is 1. The van der Waals surface area contributed by atoms with Crippen molar-refractivity contribution in [3.05, 3.63) is 46.2 Å². The Kier molecular flexibility index (Phi) is 3.84. The van der Waals surface area contributed by atoms with Crippen LogP contribution in [0.2, 0.25) is 0 Å². The van der Waals surface area contributed by atoms with E-state index in [0.717, 1.165) is 45.7 Å². The van der Waals surface area contributed by atoms with Gasteiger partial charge in [-0.05, 0) is 37.3 Å². The highest BCUT2D eigenvalue weighted by Crippen LogP contribution is 2.27. The van der Waals surface area contributed by atoms with E-state index in [9.17, 15) is 4.79 Å². The number of nitrogens with one attached hydrogen (secondary N) is 1. The molecule has 1 aliphatic rings. The second-order valence-electron chi connectivity index (χ2n) is 6.61. The van der Waals surface area contributed by atoms with Gasteiger partial charge in [0.1, 0.15) is 5.01 Å². The van der Waals surface area contributed by atoms with Crippen molar-refractivity contribution in [3.8, 4) is 0 Å². The number of aryl methyl sites for hydroxylation is 1. The highest BCUT2D eigenvalue weighted by atomic mass is 32.1. The standard InChI is InChI=1S/C18H20N4OS/c1-11-7-8-13-12(9-11)17(21-20-13)18(23)22(2)10-16-19-14-5-3-4-6-15(14)24-16/h3-6,11H,7-10H2,1-2H3,(H,20,21)/t11-/m1/s1. The molecule has 5 nitrogen and oxygen atoms in total. The maximum absolute atomic E-state index is 12.8. The van der Waals surface area contributed by atoms with Crippen LogP contribution in [0.1, 0.15) is 40.1 Å². The topological polar surface area (TPSA) is 61.9 Å². The number of aromatic amines is 1. The van der Waals surface area contributed by atoms with E-state index in [1.807, 2.05) is 25.2 Å². The lowest BCUT2D eigenvalue weighted by Gasteiger charge is -2.20. The molecule has 0 bridgehead atoms. The Morgan fingerprint density at radius 3 is 3.08 bits per heavy atom. The van der Waals surface area contributed by atoms with E-state index in [4.69, 9.17) is 0 Å². The fraction of sp³-hybridized carbons (Fsp3) is 0.389. The highest BCUT2D eigenvalue weighted by molar-refractivity contribution is 7.18. The predicted octanol–water partition coefficient (Wildman–Crippen LogP) is 3.42. The van der Waals surface area contributed by atoms with Gasteiger partial charge in [0.05, 0.1) is 16.8 Å². The zero-order valence-corrected chi connectivity index (χ0v) is 14.7. The smallest absolute Gasteiger partial charge is 0.274 e. The van der Waals surface area contributed by atoms with Crippen LogP contribution in [0, 0.1) is 5.92 Å². The average molecular weight is 340 g/mol. The zero-order chi connectivity index (χ0) is 16.7.